The minimum atomic E-state index is -0.965. The number of benzene rings is 1. The van der Waals surface area contributed by atoms with Gasteiger partial charge in [-0.05, 0) is 51.5 Å². The van der Waals surface area contributed by atoms with Crippen LogP contribution in [0.5, 0.6) is 5.75 Å². The van der Waals surface area contributed by atoms with Crippen LogP contribution in [0.25, 0.3) is 0 Å². The van der Waals surface area contributed by atoms with E-state index < -0.39 is 18.0 Å². The Morgan fingerprint density at radius 1 is 1.27 bits per heavy atom. The van der Waals surface area contributed by atoms with Gasteiger partial charge in [0.05, 0.1) is 6.20 Å². The van der Waals surface area contributed by atoms with Crippen molar-refractivity contribution in [2.24, 2.45) is 0 Å². The van der Waals surface area contributed by atoms with Crippen molar-refractivity contribution in [1.82, 2.24) is 9.78 Å². The fourth-order valence-electron chi connectivity index (χ4n) is 2.25. The third-order valence-corrected chi connectivity index (χ3v) is 3.81. The number of nitrogens with zero attached hydrogens (tertiary/aromatic N) is 2. The van der Waals surface area contributed by atoms with Crippen LogP contribution < -0.4 is 10.1 Å². The smallest absolute Gasteiger partial charge is 0.344 e. The second-order valence-electron chi connectivity index (χ2n) is 6.07. The van der Waals surface area contributed by atoms with E-state index in [0.29, 0.717) is 16.6 Å². The van der Waals surface area contributed by atoms with Crippen LogP contribution in [0, 0.1) is 6.92 Å². The van der Waals surface area contributed by atoms with E-state index in [1.165, 1.54) is 6.92 Å². The molecule has 2 aromatic rings. The average molecular weight is 380 g/mol. The maximum atomic E-state index is 12.2. The molecule has 1 atom stereocenters. The molecule has 0 bridgehead atoms. The molecule has 140 valence electrons. The molecule has 1 heterocycles. The molecule has 8 heteroatoms. The Bertz CT molecular complexity index is 788. The normalized spacial score (nSPS) is 11.9. The summed E-state index contributed by atoms with van der Waals surface area (Å²) >= 11 is 5.87. The van der Waals surface area contributed by atoms with Crippen LogP contribution >= 0.6 is 11.6 Å². The number of hydrogen-bond donors (Lipinski definition) is 1. The number of anilines is 1. The first-order chi connectivity index (χ1) is 12.3. The van der Waals surface area contributed by atoms with Crippen LogP contribution in [0.3, 0.4) is 0 Å². The van der Waals surface area contributed by atoms with Gasteiger partial charge in [-0.15, -0.1) is 0 Å². The number of carbonyl (C=O) groups excluding carboxylic acids is 2. The SMILES string of the molecule is Cc1cc(Cl)ccc1OCC(=O)O[C@@H](C)C(=O)Nc1ccnn1C(C)C. The molecule has 0 saturated carbocycles. The van der Waals surface area contributed by atoms with E-state index in [0.717, 1.165) is 5.56 Å². The van der Waals surface area contributed by atoms with Gasteiger partial charge in [-0.2, -0.15) is 5.10 Å². The summed E-state index contributed by atoms with van der Waals surface area (Å²) in [5.41, 5.74) is 0.804. The van der Waals surface area contributed by atoms with Crippen LogP contribution in [-0.2, 0) is 14.3 Å². The zero-order valence-corrected chi connectivity index (χ0v) is 15.9. The lowest BCUT2D eigenvalue weighted by Gasteiger charge is -2.16. The molecule has 0 saturated heterocycles. The number of aryl methyl sites for hydroxylation is 1. The van der Waals surface area contributed by atoms with Crippen molar-refractivity contribution < 1.29 is 19.1 Å². The predicted molar refractivity (Wildman–Crippen MR) is 98.5 cm³/mol. The summed E-state index contributed by atoms with van der Waals surface area (Å²) in [6.07, 6.45) is 0.627. The van der Waals surface area contributed by atoms with E-state index in [4.69, 9.17) is 21.1 Å². The Balaban J connectivity index is 1.86. The lowest BCUT2D eigenvalue weighted by Crippen LogP contribution is -2.32. The van der Waals surface area contributed by atoms with E-state index in [1.807, 2.05) is 20.8 Å². The molecule has 0 fully saturated rings. The first kappa shape index (κ1) is 19.8. The Labute approximate surface area is 157 Å². The highest BCUT2D eigenvalue weighted by Gasteiger charge is 2.20. The van der Waals surface area contributed by atoms with Gasteiger partial charge in [-0.3, -0.25) is 4.79 Å². The van der Waals surface area contributed by atoms with Gasteiger partial charge in [0.2, 0.25) is 0 Å². The van der Waals surface area contributed by atoms with Gasteiger partial charge in [-0.25, -0.2) is 9.48 Å². The molecule has 0 unspecified atom stereocenters. The molecule has 0 spiro atoms. The van der Waals surface area contributed by atoms with Crippen molar-refractivity contribution in [3.63, 3.8) is 0 Å². The van der Waals surface area contributed by atoms with E-state index in [-0.39, 0.29) is 12.6 Å². The lowest BCUT2D eigenvalue weighted by atomic mass is 10.2. The summed E-state index contributed by atoms with van der Waals surface area (Å²) in [4.78, 5) is 24.1. The lowest BCUT2D eigenvalue weighted by molar-refractivity contribution is -0.155. The summed E-state index contributed by atoms with van der Waals surface area (Å²) in [6.45, 7) is 6.91. The standard InChI is InChI=1S/C18H22ClN3O4/c1-11(2)22-16(7-8-20-22)21-18(24)13(4)26-17(23)10-25-15-6-5-14(19)9-12(15)3/h5-9,11,13H,10H2,1-4H3,(H,21,24)/t13-/m0/s1. The summed E-state index contributed by atoms with van der Waals surface area (Å²) in [5.74, 6) is -0.00646. The molecule has 2 rings (SSSR count). The minimum Gasteiger partial charge on any atom is -0.482 e. The molecule has 0 aliphatic carbocycles. The van der Waals surface area contributed by atoms with Crippen LogP contribution in [0.1, 0.15) is 32.4 Å². The number of carbonyl (C=O) groups is 2. The van der Waals surface area contributed by atoms with E-state index in [9.17, 15) is 9.59 Å². The quantitative estimate of drug-likeness (QED) is 0.746. The van der Waals surface area contributed by atoms with Crippen molar-refractivity contribution >= 4 is 29.3 Å². The predicted octanol–water partition coefficient (Wildman–Crippen LogP) is 3.38. The molecule has 7 nitrogen and oxygen atoms in total. The van der Waals surface area contributed by atoms with Crippen LogP contribution in [0.15, 0.2) is 30.5 Å². The zero-order chi connectivity index (χ0) is 19.3. The Morgan fingerprint density at radius 2 is 2.00 bits per heavy atom. The van der Waals surface area contributed by atoms with Crippen molar-refractivity contribution in [1.29, 1.82) is 0 Å². The van der Waals surface area contributed by atoms with Gasteiger partial charge in [-0.1, -0.05) is 11.6 Å². The molecule has 26 heavy (non-hydrogen) atoms. The molecular formula is C18H22ClN3O4. The maximum absolute atomic E-state index is 12.2. The Hall–Kier alpha value is -2.54. The number of esters is 1. The van der Waals surface area contributed by atoms with Crippen molar-refractivity contribution in [3.8, 4) is 5.75 Å². The van der Waals surface area contributed by atoms with E-state index in [2.05, 4.69) is 10.4 Å². The van der Waals surface area contributed by atoms with Gasteiger partial charge in [0.15, 0.2) is 12.7 Å². The Kier molecular flexibility index (Phi) is 6.63. The van der Waals surface area contributed by atoms with Gasteiger partial charge in [0.25, 0.3) is 5.91 Å². The largest absolute Gasteiger partial charge is 0.482 e. The molecule has 0 aliphatic heterocycles. The molecular weight excluding hydrogens is 358 g/mol. The molecule has 0 radical (unpaired) electrons. The van der Waals surface area contributed by atoms with Crippen LogP contribution in [-0.4, -0.2) is 34.4 Å². The number of amides is 1. The van der Waals surface area contributed by atoms with Crippen molar-refractivity contribution in [3.05, 3.63) is 41.0 Å². The molecule has 1 aromatic carbocycles. The fourth-order valence-corrected chi connectivity index (χ4v) is 2.48. The topological polar surface area (TPSA) is 82.4 Å². The number of nitrogens with one attached hydrogen (secondary N) is 1. The highest BCUT2D eigenvalue weighted by Crippen LogP contribution is 2.21. The van der Waals surface area contributed by atoms with Gasteiger partial charge in [0, 0.05) is 17.1 Å². The highest BCUT2D eigenvalue weighted by atomic mass is 35.5. The molecule has 1 N–H and O–H groups in total. The minimum absolute atomic E-state index is 0.0918. The second-order valence-corrected chi connectivity index (χ2v) is 6.51. The van der Waals surface area contributed by atoms with E-state index in [1.54, 1.807) is 35.1 Å². The van der Waals surface area contributed by atoms with Gasteiger partial charge >= 0.3 is 5.97 Å². The number of rotatable bonds is 7. The molecule has 1 aromatic heterocycles. The fraction of sp³-hybridized carbons (Fsp3) is 0.389. The number of aromatic nitrogens is 2. The van der Waals surface area contributed by atoms with Crippen molar-refractivity contribution in [2.75, 3.05) is 11.9 Å². The second kappa shape index (κ2) is 8.71. The molecule has 1 amide bonds. The summed E-state index contributed by atoms with van der Waals surface area (Å²) < 4.78 is 12.2. The summed E-state index contributed by atoms with van der Waals surface area (Å²) in [5, 5.41) is 7.41. The number of halogens is 1. The third-order valence-electron chi connectivity index (χ3n) is 3.57. The monoisotopic (exact) mass is 379 g/mol. The summed E-state index contributed by atoms with van der Waals surface area (Å²) in [6, 6.07) is 6.85. The zero-order valence-electron chi connectivity index (χ0n) is 15.2. The average Bonchev–Trinajstić information content (AvgIpc) is 3.02. The van der Waals surface area contributed by atoms with Crippen LogP contribution in [0.4, 0.5) is 5.82 Å². The van der Waals surface area contributed by atoms with E-state index >= 15 is 0 Å². The first-order valence-corrected chi connectivity index (χ1v) is 8.58. The van der Waals surface area contributed by atoms with Crippen LogP contribution in [0.2, 0.25) is 5.02 Å². The first-order valence-electron chi connectivity index (χ1n) is 8.20. The molecule has 0 aliphatic rings. The number of ether oxygens (including phenoxy) is 2. The van der Waals surface area contributed by atoms with Gasteiger partial charge < -0.3 is 14.8 Å². The highest BCUT2D eigenvalue weighted by molar-refractivity contribution is 6.30. The number of hydrogen-bond acceptors (Lipinski definition) is 5. The Morgan fingerprint density at radius 3 is 2.65 bits per heavy atom. The van der Waals surface area contributed by atoms with Gasteiger partial charge in [0.1, 0.15) is 11.6 Å². The maximum Gasteiger partial charge on any atom is 0.344 e. The third kappa shape index (κ3) is 5.23. The summed E-state index contributed by atoms with van der Waals surface area (Å²) in [7, 11) is 0. The van der Waals surface area contributed by atoms with Crippen molar-refractivity contribution in [2.45, 2.75) is 39.8 Å².